The number of nitrogens with zero attached hydrogens (tertiary/aromatic N) is 1. The van der Waals surface area contributed by atoms with Crippen LogP contribution in [0.1, 0.15) is 194 Å². The van der Waals surface area contributed by atoms with E-state index in [4.69, 9.17) is 18.5 Å². The Balaban J connectivity index is 4.44. The zero-order chi connectivity index (χ0) is 43.2. The van der Waals surface area contributed by atoms with E-state index in [0.717, 1.165) is 64.2 Å². The monoisotopic (exact) mass is 846 g/mol. The third-order valence-electron chi connectivity index (χ3n) is 10.1. The van der Waals surface area contributed by atoms with Crippen molar-refractivity contribution in [3.05, 3.63) is 24.3 Å². The average Bonchev–Trinajstić information content (AvgIpc) is 3.17. The Morgan fingerprint density at radius 1 is 0.603 bits per heavy atom. The lowest BCUT2D eigenvalue weighted by molar-refractivity contribution is -0.870. The van der Waals surface area contributed by atoms with Crippen molar-refractivity contribution >= 4 is 19.8 Å². The fourth-order valence-corrected chi connectivity index (χ4v) is 7.05. The van der Waals surface area contributed by atoms with E-state index in [-0.39, 0.29) is 26.1 Å². The number of rotatable bonds is 42. The number of aliphatic hydroxyl groups excluding tert-OH is 2. The highest BCUT2D eigenvalue weighted by molar-refractivity contribution is 7.45. The van der Waals surface area contributed by atoms with Crippen LogP contribution in [0.15, 0.2) is 24.3 Å². The Kier molecular flexibility index (Phi) is 37.3. The Bertz CT molecular complexity index is 1080. The second-order valence-corrected chi connectivity index (χ2v) is 18.5. The maximum absolute atomic E-state index is 12.7. The van der Waals surface area contributed by atoms with Crippen molar-refractivity contribution in [3.63, 3.8) is 0 Å². The Labute approximate surface area is 354 Å². The summed E-state index contributed by atoms with van der Waals surface area (Å²) in [4.78, 5) is 37.6. The number of allylic oxidation sites excluding steroid dienone is 3. The average molecular weight is 846 g/mol. The molecule has 0 aromatic rings. The first-order valence-electron chi connectivity index (χ1n) is 23.2. The number of esters is 2. The third-order valence-corrected chi connectivity index (χ3v) is 11.1. The van der Waals surface area contributed by atoms with Gasteiger partial charge in [-0.3, -0.25) is 14.2 Å². The van der Waals surface area contributed by atoms with Gasteiger partial charge in [0.25, 0.3) is 7.82 Å². The zero-order valence-corrected chi connectivity index (χ0v) is 38.6. The molecule has 0 aliphatic rings. The predicted molar refractivity (Wildman–Crippen MR) is 234 cm³/mol. The molecule has 0 aromatic carbocycles. The Hall–Kier alpha value is -1.59. The van der Waals surface area contributed by atoms with E-state index >= 15 is 0 Å². The van der Waals surface area contributed by atoms with Crippen molar-refractivity contribution in [2.24, 2.45) is 0 Å². The van der Waals surface area contributed by atoms with Crippen molar-refractivity contribution in [3.8, 4) is 0 Å². The largest absolute Gasteiger partial charge is 0.756 e. The van der Waals surface area contributed by atoms with Gasteiger partial charge in [-0.1, -0.05) is 141 Å². The molecule has 0 bridgehead atoms. The summed E-state index contributed by atoms with van der Waals surface area (Å²) in [6.45, 7) is 3.99. The van der Waals surface area contributed by atoms with E-state index in [1.807, 2.05) is 27.2 Å². The number of unbranched alkanes of at least 4 members (excludes halogenated alkanes) is 20. The number of phosphoric acid groups is 1. The second-order valence-electron chi connectivity index (χ2n) is 17.1. The molecule has 0 aromatic heterocycles. The summed E-state index contributed by atoms with van der Waals surface area (Å²) in [5.74, 6) is -0.948. The summed E-state index contributed by atoms with van der Waals surface area (Å²) in [5.41, 5.74) is 0. The summed E-state index contributed by atoms with van der Waals surface area (Å²) in [7, 11) is 1.08. The molecule has 1 unspecified atom stereocenters. The van der Waals surface area contributed by atoms with Crippen molar-refractivity contribution in [1.82, 2.24) is 0 Å². The highest BCUT2D eigenvalue weighted by atomic mass is 31.2. The second kappa shape index (κ2) is 38.3. The van der Waals surface area contributed by atoms with Crippen LogP contribution in [0.25, 0.3) is 0 Å². The van der Waals surface area contributed by atoms with Gasteiger partial charge in [-0.2, -0.15) is 0 Å². The SMILES string of the molecule is CCCCC/C=C\C[C@@H](O)[C@H](O)CCCCCCCC(=O)OC[C@H](COP(=O)([O-])OCC[N+](C)(C)C)OC(=O)CCCCCCCCC/C=C\CCCCCCCC. The van der Waals surface area contributed by atoms with Gasteiger partial charge < -0.3 is 38.1 Å². The fourth-order valence-electron chi connectivity index (χ4n) is 6.32. The lowest BCUT2D eigenvalue weighted by Crippen LogP contribution is -2.37. The molecule has 0 spiro atoms. The first kappa shape index (κ1) is 56.4. The van der Waals surface area contributed by atoms with E-state index < -0.39 is 44.7 Å². The van der Waals surface area contributed by atoms with Crippen molar-refractivity contribution in [1.29, 1.82) is 0 Å². The van der Waals surface area contributed by atoms with Crippen molar-refractivity contribution in [2.75, 3.05) is 47.5 Å². The third kappa shape index (κ3) is 39.8. The Morgan fingerprint density at radius 2 is 1.07 bits per heavy atom. The molecule has 2 N–H and O–H groups in total. The highest BCUT2D eigenvalue weighted by Crippen LogP contribution is 2.38. The summed E-state index contributed by atoms with van der Waals surface area (Å²) >= 11 is 0. The maximum atomic E-state index is 12.7. The molecular weight excluding hydrogens is 757 g/mol. The lowest BCUT2D eigenvalue weighted by Gasteiger charge is -2.28. The molecule has 0 saturated carbocycles. The molecule has 0 amide bonds. The first-order valence-corrected chi connectivity index (χ1v) is 24.7. The minimum absolute atomic E-state index is 0.0561. The molecule has 0 rings (SSSR count). The molecule has 58 heavy (non-hydrogen) atoms. The number of aliphatic hydroxyl groups is 2. The van der Waals surface area contributed by atoms with E-state index in [1.165, 1.54) is 77.0 Å². The maximum Gasteiger partial charge on any atom is 0.306 e. The van der Waals surface area contributed by atoms with E-state index in [9.17, 15) is 29.3 Å². The molecule has 0 heterocycles. The summed E-state index contributed by atoms with van der Waals surface area (Å²) in [5, 5.41) is 20.5. The number of hydrogen-bond acceptors (Lipinski definition) is 10. The number of carbonyl (C=O) groups excluding carboxylic acids is 2. The predicted octanol–water partition coefficient (Wildman–Crippen LogP) is 10.4. The lowest BCUT2D eigenvalue weighted by atomic mass is 10.0. The van der Waals surface area contributed by atoms with Crippen molar-refractivity contribution in [2.45, 2.75) is 212 Å². The molecule has 0 fully saturated rings. The molecule has 12 heteroatoms. The minimum Gasteiger partial charge on any atom is -0.756 e. The van der Waals surface area contributed by atoms with Crippen LogP contribution >= 0.6 is 7.82 Å². The quantitative estimate of drug-likeness (QED) is 0.0200. The first-order chi connectivity index (χ1) is 27.8. The molecule has 0 aliphatic carbocycles. The molecular formula is C46H88NO10P. The van der Waals surface area contributed by atoms with Crippen LogP contribution in [-0.4, -0.2) is 92.5 Å². The minimum atomic E-state index is -4.66. The summed E-state index contributed by atoms with van der Waals surface area (Å²) in [6, 6.07) is 0. The molecule has 11 nitrogen and oxygen atoms in total. The highest BCUT2D eigenvalue weighted by Gasteiger charge is 2.22. The number of carbonyl (C=O) groups is 2. The van der Waals surface area contributed by atoms with Gasteiger partial charge in [-0.15, -0.1) is 0 Å². The summed E-state index contributed by atoms with van der Waals surface area (Å²) < 4.78 is 33.8. The molecule has 4 atom stereocenters. The summed E-state index contributed by atoms with van der Waals surface area (Å²) in [6.07, 6.45) is 33.6. The van der Waals surface area contributed by atoms with Crippen LogP contribution in [0.5, 0.6) is 0 Å². The van der Waals surface area contributed by atoms with Crippen molar-refractivity contribution < 1.29 is 52.3 Å². The van der Waals surface area contributed by atoms with Gasteiger partial charge in [0.2, 0.25) is 0 Å². The van der Waals surface area contributed by atoms with Gasteiger partial charge in [0.1, 0.15) is 19.8 Å². The number of ether oxygens (including phenoxy) is 2. The van der Waals surface area contributed by atoms with Gasteiger partial charge >= 0.3 is 11.9 Å². The van der Waals surface area contributed by atoms with Crippen LogP contribution in [0.3, 0.4) is 0 Å². The molecule has 0 saturated heterocycles. The van der Waals surface area contributed by atoms with Crippen LogP contribution in [0.4, 0.5) is 0 Å². The van der Waals surface area contributed by atoms with E-state index in [1.54, 1.807) is 0 Å². The number of quaternary nitrogens is 1. The van der Waals surface area contributed by atoms with Crippen LogP contribution in [-0.2, 0) is 32.7 Å². The van der Waals surface area contributed by atoms with Crippen LogP contribution in [0.2, 0.25) is 0 Å². The van der Waals surface area contributed by atoms with Gasteiger partial charge in [0.05, 0.1) is 40.0 Å². The van der Waals surface area contributed by atoms with Gasteiger partial charge in [0, 0.05) is 12.8 Å². The number of hydrogen-bond donors (Lipinski definition) is 2. The molecule has 0 radical (unpaired) electrons. The Morgan fingerprint density at radius 3 is 1.64 bits per heavy atom. The topological polar surface area (TPSA) is 152 Å². The smallest absolute Gasteiger partial charge is 0.306 e. The zero-order valence-electron chi connectivity index (χ0n) is 37.7. The van der Waals surface area contributed by atoms with E-state index in [2.05, 4.69) is 32.1 Å². The number of likely N-dealkylation sites (N-methyl/N-ethyl adjacent to an activating group) is 1. The molecule has 0 aliphatic heterocycles. The number of phosphoric ester groups is 1. The van der Waals surface area contributed by atoms with Crippen LogP contribution < -0.4 is 4.89 Å². The normalized spacial score (nSPS) is 14.8. The van der Waals surface area contributed by atoms with E-state index in [0.29, 0.717) is 36.7 Å². The fraction of sp³-hybridized carbons (Fsp3) is 0.870. The molecule has 342 valence electrons. The van der Waals surface area contributed by atoms with Gasteiger partial charge in [-0.05, 0) is 64.2 Å². The van der Waals surface area contributed by atoms with Gasteiger partial charge in [0.15, 0.2) is 6.10 Å². The standard InChI is InChI=1S/C46H88NO10P/c1-6-8-10-12-14-15-16-17-18-19-20-21-22-23-24-28-33-37-46(51)57-42(41-56-58(52,53)55-39-38-47(3,4)5)40-54-45(50)36-32-29-25-27-31-35-44(49)43(48)34-30-26-13-11-9-7-2/h17-18,26,30,42-44,48-49H,6-16,19-25,27-29,31-41H2,1-5H3/b18-17-,30-26-/t42-,43-,44-/m1/s1. The van der Waals surface area contributed by atoms with Gasteiger partial charge in [-0.25, -0.2) is 0 Å². The van der Waals surface area contributed by atoms with Crippen LogP contribution in [0, 0.1) is 0 Å².